The van der Waals surface area contributed by atoms with Crippen LogP contribution in [0.4, 0.5) is 0 Å². The standard InChI is InChI=1S/C20H24N2O4/c1-6-15(10-13(4)23)17-18(24)21-20(22-19(17)25)26-14(5)16-8-11(2)7-12(3)9-16/h7-10,14H,6H2,1-5H3,(H2,21,22,24,25)/b15-10-/t14-/m1/s1. The van der Waals surface area contributed by atoms with Crippen molar-refractivity contribution >= 4 is 11.4 Å². The van der Waals surface area contributed by atoms with E-state index in [0.717, 1.165) is 16.7 Å². The summed E-state index contributed by atoms with van der Waals surface area (Å²) in [7, 11) is 0. The zero-order valence-corrected chi connectivity index (χ0v) is 15.7. The molecule has 138 valence electrons. The van der Waals surface area contributed by atoms with Crippen LogP contribution < -0.4 is 10.3 Å². The van der Waals surface area contributed by atoms with Gasteiger partial charge in [-0.15, -0.1) is 0 Å². The van der Waals surface area contributed by atoms with Crippen LogP contribution in [-0.4, -0.2) is 20.9 Å². The van der Waals surface area contributed by atoms with E-state index < -0.39 is 11.4 Å². The molecule has 0 amide bonds. The van der Waals surface area contributed by atoms with Crippen LogP contribution >= 0.6 is 0 Å². The van der Waals surface area contributed by atoms with Gasteiger partial charge in [-0.1, -0.05) is 36.2 Å². The number of aryl methyl sites for hydroxylation is 2. The van der Waals surface area contributed by atoms with E-state index in [-0.39, 0.29) is 23.5 Å². The van der Waals surface area contributed by atoms with Gasteiger partial charge in [-0.3, -0.25) is 14.6 Å². The second kappa shape index (κ2) is 7.99. The molecule has 0 aliphatic carbocycles. The van der Waals surface area contributed by atoms with Crippen molar-refractivity contribution < 1.29 is 14.6 Å². The van der Waals surface area contributed by atoms with Crippen LogP contribution in [-0.2, 0) is 4.79 Å². The Hall–Kier alpha value is -2.89. The number of aromatic hydroxyl groups is 1. The highest BCUT2D eigenvalue weighted by atomic mass is 16.5. The lowest BCUT2D eigenvalue weighted by Crippen LogP contribution is -2.17. The number of benzene rings is 1. The van der Waals surface area contributed by atoms with Crippen LogP contribution in [0.25, 0.3) is 5.57 Å². The third-order valence-corrected chi connectivity index (χ3v) is 3.96. The van der Waals surface area contributed by atoms with E-state index in [1.165, 1.54) is 13.0 Å². The Bertz CT molecular complexity index is 892. The second-order valence-electron chi connectivity index (χ2n) is 6.38. The molecule has 0 bridgehead atoms. The molecule has 0 spiro atoms. The van der Waals surface area contributed by atoms with Crippen LogP contribution in [0.15, 0.2) is 29.1 Å². The third kappa shape index (κ3) is 4.59. The van der Waals surface area contributed by atoms with Gasteiger partial charge >= 0.3 is 0 Å². The smallest absolute Gasteiger partial charge is 0.300 e. The molecular formula is C20H24N2O4. The maximum atomic E-state index is 12.4. The van der Waals surface area contributed by atoms with Crippen molar-refractivity contribution in [2.45, 2.75) is 47.1 Å². The number of carbonyl (C=O) groups excluding carboxylic acids is 1. The van der Waals surface area contributed by atoms with E-state index in [1.807, 2.05) is 32.9 Å². The Kier molecular flexibility index (Phi) is 5.97. The summed E-state index contributed by atoms with van der Waals surface area (Å²) < 4.78 is 5.71. The van der Waals surface area contributed by atoms with Crippen LogP contribution in [0.2, 0.25) is 0 Å². The van der Waals surface area contributed by atoms with Crippen molar-refractivity contribution in [2.24, 2.45) is 0 Å². The third-order valence-electron chi connectivity index (χ3n) is 3.96. The normalized spacial score (nSPS) is 12.7. The van der Waals surface area contributed by atoms with E-state index in [4.69, 9.17) is 4.74 Å². The molecule has 0 saturated heterocycles. The number of rotatable bonds is 6. The van der Waals surface area contributed by atoms with Gasteiger partial charge in [0.15, 0.2) is 5.78 Å². The largest absolute Gasteiger partial charge is 0.493 e. The molecular weight excluding hydrogens is 332 g/mol. The van der Waals surface area contributed by atoms with Crippen molar-refractivity contribution in [3.63, 3.8) is 0 Å². The Morgan fingerprint density at radius 3 is 2.42 bits per heavy atom. The maximum Gasteiger partial charge on any atom is 0.300 e. The zero-order valence-electron chi connectivity index (χ0n) is 15.7. The van der Waals surface area contributed by atoms with Crippen molar-refractivity contribution in [2.75, 3.05) is 0 Å². The first kappa shape index (κ1) is 19.4. The number of aromatic amines is 1. The molecule has 2 rings (SSSR count). The van der Waals surface area contributed by atoms with Crippen molar-refractivity contribution in [3.05, 3.63) is 56.9 Å². The lowest BCUT2D eigenvalue weighted by Gasteiger charge is -2.16. The number of carbonyl (C=O) groups is 1. The van der Waals surface area contributed by atoms with E-state index in [0.29, 0.717) is 12.0 Å². The number of H-pyrrole nitrogens is 1. The van der Waals surface area contributed by atoms with Crippen molar-refractivity contribution in [1.82, 2.24) is 9.97 Å². The summed E-state index contributed by atoms with van der Waals surface area (Å²) in [5, 5.41) is 10.2. The van der Waals surface area contributed by atoms with Gasteiger partial charge < -0.3 is 9.84 Å². The van der Waals surface area contributed by atoms with Crippen LogP contribution in [0.5, 0.6) is 11.9 Å². The predicted octanol–water partition coefficient (Wildman–Crippen LogP) is 3.61. The molecule has 26 heavy (non-hydrogen) atoms. The molecule has 0 unspecified atom stereocenters. The fourth-order valence-corrected chi connectivity index (χ4v) is 2.86. The number of hydrogen-bond acceptors (Lipinski definition) is 5. The number of ketones is 1. The summed E-state index contributed by atoms with van der Waals surface area (Å²) >= 11 is 0. The summed E-state index contributed by atoms with van der Waals surface area (Å²) in [6, 6.07) is 5.98. The number of aromatic nitrogens is 2. The zero-order chi connectivity index (χ0) is 19.4. The van der Waals surface area contributed by atoms with Crippen LogP contribution in [0.3, 0.4) is 0 Å². The minimum atomic E-state index is -0.547. The molecule has 0 aliphatic rings. The van der Waals surface area contributed by atoms with Gasteiger partial charge in [0.2, 0.25) is 5.88 Å². The minimum Gasteiger partial charge on any atom is -0.493 e. The first-order valence-electron chi connectivity index (χ1n) is 8.50. The topological polar surface area (TPSA) is 92.3 Å². The predicted molar refractivity (Wildman–Crippen MR) is 100 cm³/mol. The monoisotopic (exact) mass is 356 g/mol. The van der Waals surface area contributed by atoms with Gasteiger partial charge in [-0.25, -0.2) is 0 Å². The van der Waals surface area contributed by atoms with Crippen LogP contribution in [0.1, 0.15) is 55.5 Å². The van der Waals surface area contributed by atoms with Gasteiger partial charge in [0, 0.05) is 0 Å². The lowest BCUT2D eigenvalue weighted by atomic mass is 10.0. The first-order valence-corrected chi connectivity index (χ1v) is 8.50. The molecule has 1 aromatic heterocycles. The molecule has 1 atom stereocenters. The molecule has 1 heterocycles. The fourth-order valence-electron chi connectivity index (χ4n) is 2.86. The van der Waals surface area contributed by atoms with Crippen molar-refractivity contribution in [1.29, 1.82) is 0 Å². The molecule has 0 fully saturated rings. The lowest BCUT2D eigenvalue weighted by molar-refractivity contribution is -0.112. The molecule has 1 aromatic carbocycles. The highest BCUT2D eigenvalue weighted by Gasteiger charge is 2.17. The summed E-state index contributed by atoms with van der Waals surface area (Å²) in [4.78, 5) is 30.2. The minimum absolute atomic E-state index is 0.00546. The van der Waals surface area contributed by atoms with Crippen molar-refractivity contribution in [3.8, 4) is 11.9 Å². The van der Waals surface area contributed by atoms with E-state index >= 15 is 0 Å². The van der Waals surface area contributed by atoms with E-state index in [2.05, 4.69) is 16.0 Å². The first-order chi connectivity index (χ1) is 12.2. The van der Waals surface area contributed by atoms with Gasteiger partial charge in [-0.05, 0) is 51.3 Å². The Morgan fingerprint density at radius 2 is 1.92 bits per heavy atom. The number of nitrogens with zero attached hydrogens (tertiary/aromatic N) is 1. The molecule has 0 aliphatic heterocycles. The number of ether oxygens (including phenoxy) is 1. The summed E-state index contributed by atoms with van der Waals surface area (Å²) in [6.45, 7) is 9.01. The SMILES string of the molecule is CC/C(=C/C(C)=O)c1c(O)nc(O[C@H](C)c2cc(C)cc(C)c2)[nH]c1=O. The number of allylic oxidation sites excluding steroid dienone is 2. The molecule has 6 heteroatoms. The fraction of sp³-hybridized carbons (Fsp3) is 0.350. The Balaban J connectivity index is 2.35. The average molecular weight is 356 g/mol. The molecule has 2 N–H and O–H groups in total. The Morgan fingerprint density at radius 1 is 1.31 bits per heavy atom. The van der Waals surface area contributed by atoms with Gasteiger partial charge in [0.1, 0.15) is 11.7 Å². The Labute approximate surface area is 152 Å². The maximum absolute atomic E-state index is 12.4. The van der Waals surface area contributed by atoms with Gasteiger partial charge in [0.05, 0.1) is 0 Å². The van der Waals surface area contributed by atoms with Gasteiger partial charge in [-0.2, -0.15) is 4.98 Å². The average Bonchev–Trinajstić information content (AvgIpc) is 2.51. The second-order valence-corrected chi connectivity index (χ2v) is 6.38. The summed E-state index contributed by atoms with van der Waals surface area (Å²) in [5.74, 6) is -0.657. The molecule has 2 aromatic rings. The summed E-state index contributed by atoms with van der Waals surface area (Å²) in [6.07, 6.45) is 1.38. The highest BCUT2D eigenvalue weighted by molar-refractivity contribution is 5.95. The van der Waals surface area contributed by atoms with Crippen LogP contribution in [0, 0.1) is 13.8 Å². The molecule has 6 nitrogen and oxygen atoms in total. The van der Waals surface area contributed by atoms with Gasteiger partial charge in [0.25, 0.3) is 11.6 Å². The van der Waals surface area contributed by atoms with E-state index in [9.17, 15) is 14.7 Å². The van der Waals surface area contributed by atoms with E-state index in [1.54, 1.807) is 6.92 Å². The molecule has 0 saturated carbocycles. The number of nitrogens with one attached hydrogen (secondary N) is 1. The highest BCUT2D eigenvalue weighted by Crippen LogP contribution is 2.26. The quantitative estimate of drug-likeness (QED) is 0.771. The number of hydrogen-bond donors (Lipinski definition) is 2. The summed E-state index contributed by atoms with van der Waals surface area (Å²) in [5.41, 5.74) is 3.04. The molecule has 0 radical (unpaired) electrons.